The van der Waals surface area contributed by atoms with E-state index in [0.717, 1.165) is 4.90 Å². The Morgan fingerprint density at radius 2 is 1.71 bits per heavy atom. The Labute approximate surface area is 183 Å². The SMILES string of the molecule is O=C(c1ccc2c(c1)OCCO2)C1CCN(C(=O)CSc2ccc([N+](=O)[O-])cc2)CC1. The maximum atomic E-state index is 12.9. The summed E-state index contributed by atoms with van der Waals surface area (Å²) in [6, 6.07) is 11.4. The van der Waals surface area contributed by atoms with Crippen LogP contribution in [0.2, 0.25) is 0 Å². The molecular weight excluding hydrogens is 420 g/mol. The van der Waals surface area contributed by atoms with Crippen LogP contribution >= 0.6 is 11.8 Å². The monoisotopic (exact) mass is 442 g/mol. The third-order valence-electron chi connectivity index (χ3n) is 5.45. The fraction of sp³-hybridized carbons (Fsp3) is 0.364. The molecule has 1 amide bonds. The Kier molecular flexibility index (Phi) is 6.41. The number of carbonyl (C=O) groups is 2. The summed E-state index contributed by atoms with van der Waals surface area (Å²) in [5, 5.41) is 10.7. The van der Waals surface area contributed by atoms with Crippen LogP contribution in [0.3, 0.4) is 0 Å². The Hall–Kier alpha value is -3.07. The molecule has 0 radical (unpaired) electrons. The second kappa shape index (κ2) is 9.38. The van der Waals surface area contributed by atoms with Crippen LogP contribution in [0.1, 0.15) is 23.2 Å². The summed E-state index contributed by atoms with van der Waals surface area (Å²) in [5.74, 6) is 1.49. The molecule has 0 aliphatic carbocycles. The van der Waals surface area contributed by atoms with Crippen LogP contribution in [0, 0.1) is 16.0 Å². The van der Waals surface area contributed by atoms with E-state index in [2.05, 4.69) is 0 Å². The first-order chi connectivity index (χ1) is 15.0. The number of benzene rings is 2. The van der Waals surface area contributed by atoms with Crippen molar-refractivity contribution in [2.45, 2.75) is 17.7 Å². The van der Waals surface area contributed by atoms with Gasteiger partial charge in [0.2, 0.25) is 5.91 Å². The molecule has 2 aliphatic rings. The zero-order chi connectivity index (χ0) is 21.8. The van der Waals surface area contributed by atoms with Crippen molar-refractivity contribution in [3.05, 3.63) is 58.1 Å². The van der Waals surface area contributed by atoms with Crippen molar-refractivity contribution in [2.75, 3.05) is 32.1 Å². The first kappa shape index (κ1) is 21.2. The fourth-order valence-electron chi connectivity index (χ4n) is 3.72. The number of ether oxygens (including phenoxy) is 2. The van der Waals surface area contributed by atoms with E-state index in [1.807, 2.05) is 0 Å². The number of fused-ring (bicyclic) bond motifs is 1. The molecule has 0 atom stereocenters. The van der Waals surface area contributed by atoms with Gasteiger partial charge in [-0.3, -0.25) is 19.7 Å². The smallest absolute Gasteiger partial charge is 0.269 e. The van der Waals surface area contributed by atoms with E-state index in [-0.39, 0.29) is 29.0 Å². The fourth-order valence-corrected chi connectivity index (χ4v) is 4.53. The first-order valence-corrected chi connectivity index (χ1v) is 11.1. The minimum atomic E-state index is -0.448. The average Bonchev–Trinajstić information content (AvgIpc) is 2.82. The molecule has 162 valence electrons. The number of ketones is 1. The average molecular weight is 442 g/mol. The minimum absolute atomic E-state index is 0.00795. The summed E-state index contributed by atoms with van der Waals surface area (Å²) < 4.78 is 11.1. The van der Waals surface area contributed by atoms with Crippen molar-refractivity contribution in [2.24, 2.45) is 5.92 Å². The highest BCUT2D eigenvalue weighted by Gasteiger charge is 2.28. The van der Waals surface area contributed by atoms with E-state index in [1.54, 1.807) is 35.2 Å². The molecule has 0 saturated carbocycles. The van der Waals surface area contributed by atoms with Gasteiger partial charge < -0.3 is 14.4 Å². The van der Waals surface area contributed by atoms with Crippen LogP contribution in [0.25, 0.3) is 0 Å². The number of nitro benzene ring substituents is 1. The quantitative estimate of drug-likeness (QED) is 0.292. The number of likely N-dealkylation sites (tertiary alicyclic amines) is 1. The van der Waals surface area contributed by atoms with Gasteiger partial charge in [-0.15, -0.1) is 11.8 Å². The number of non-ortho nitro benzene ring substituents is 1. The Bertz CT molecular complexity index is 986. The lowest BCUT2D eigenvalue weighted by atomic mass is 9.88. The number of piperidine rings is 1. The molecule has 0 unspecified atom stereocenters. The van der Waals surface area contributed by atoms with Crippen LogP contribution in [0.15, 0.2) is 47.4 Å². The second-order valence-electron chi connectivity index (χ2n) is 7.42. The molecular formula is C22H22N2O6S. The highest BCUT2D eigenvalue weighted by molar-refractivity contribution is 8.00. The summed E-state index contributed by atoms with van der Waals surface area (Å²) in [5.41, 5.74) is 0.642. The molecule has 0 aromatic heterocycles. The first-order valence-electron chi connectivity index (χ1n) is 10.1. The molecule has 2 aliphatic heterocycles. The van der Waals surface area contributed by atoms with Crippen molar-refractivity contribution < 1.29 is 24.0 Å². The van der Waals surface area contributed by atoms with Crippen LogP contribution in [-0.4, -0.2) is 53.6 Å². The maximum Gasteiger partial charge on any atom is 0.269 e. The van der Waals surface area contributed by atoms with Gasteiger partial charge in [-0.2, -0.15) is 0 Å². The maximum absolute atomic E-state index is 12.9. The summed E-state index contributed by atoms with van der Waals surface area (Å²) >= 11 is 1.35. The molecule has 0 N–H and O–H groups in total. The van der Waals surface area contributed by atoms with Crippen molar-refractivity contribution in [3.8, 4) is 11.5 Å². The van der Waals surface area contributed by atoms with Crippen molar-refractivity contribution >= 4 is 29.1 Å². The van der Waals surface area contributed by atoms with E-state index >= 15 is 0 Å². The molecule has 0 spiro atoms. The lowest BCUT2D eigenvalue weighted by Crippen LogP contribution is -2.41. The molecule has 2 aromatic rings. The Morgan fingerprint density at radius 1 is 1.03 bits per heavy atom. The number of hydrogen-bond acceptors (Lipinski definition) is 7. The molecule has 2 heterocycles. The molecule has 9 heteroatoms. The molecule has 1 saturated heterocycles. The molecule has 31 heavy (non-hydrogen) atoms. The van der Waals surface area contributed by atoms with Crippen LogP contribution < -0.4 is 9.47 Å². The van der Waals surface area contributed by atoms with E-state index < -0.39 is 4.92 Å². The van der Waals surface area contributed by atoms with Crippen molar-refractivity contribution in [1.82, 2.24) is 4.90 Å². The Morgan fingerprint density at radius 3 is 2.39 bits per heavy atom. The zero-order valence-corrected chi connectivity index (χ0v) is 17.6. The van der Waals surface area contributed by atoms with Gasteiger partial charge in [-0.1, -0.05) is 0 Å². The highest BCUT2D eigenvalue weighted by atomic mass is 32.2. The van der Waals surface area contributed by atoms with Gasteiger partial charge in [0.15, 0.2) is 17.3 Å². The normalized spacial score (nSPS) is 16.1. The molecule has 2 aromatic carbocycles. The number of nitro groups is 1. The van der Waals surface area contributed by atoms with Gasteiger partial charge in [0, 0.05) is 41.6 Å². The topological polar surface area (TPSA) is 99.0 Å². The number of amides is 1. The lowest BCUT2D eigenvalue weighted by Gasteiger charge is -2.31. The van der Waals surface area contributed by atoms with Gasteiger partial charge in [-0.05, 0) is 43.2 Å². The number of thioether (sulfide) groups is 1. The third kappa shape index (κ3) is 4.99. The van der Waals surface area contributed by atoms with Gasteiger partial charge in [0.05, 0.1) is 10.7 Å². The summed E-state index contributed by atoms with van der Waals surface area (Å²) in [7, 11) is 0. The Balaban J connectivity index is 1.27. The van der Waals surface area contributed by atoms with E-state index in [1.165, 1.54) is 23.9 Å². The van der Waals surface area contributed by atoms with E-state index in [0.29, 0.717) is 56.2 Å². The molecule has 8 nitrogen and oxygen atoms in total. The van der Waals surface area contributed by atoms with Crippen molar-refractivity contribution in [1.29, 1.82) is 0 Å². The third-order valence-corrected chi connectivity index (χ3v) is 6.45. The minimum Gasteiger partial charge on any atom is -0.486 e. The van der Waals surface area contributed by atoms with Crippen LogP contribution in [0.4, 0.5) is 5.69 Å². The van der Waals surface area contributed by atoms with Crippen LogP contribution in [-0.2, 0) is 4.79 Å². The lowest BCUT2D eigenvalue weighted by molar-refractivity contribution is -0.384. The summed E-state index contributed by atoms with van der Waals surface area (Å²) in [4.78, 5) is 38.3. The molecule has 0 bridgehead atoms. The van der Waals surface area contributed by atoms with E-state index in [9.17, 15) is 19.7 Å². The number of nitrogens with zero attached hydrogens (tertiary/aromatic N) is 2. The summed E-state index contributed by atoms with van der Waals surface area (Å²) in [6.45, 7) is 2.07. The van der Waals surface area contributed by atoms with E-state index in [4.69, 9.17) is 9.47 Å². The largest absolute Gasteiger partial charge is 0.486 e. The standard InChI is InChI=1S/C22H22N2O6S/c25-21(14-31-18-4-2-17(3-5-18)24(27)28)23-9-7-15(8-10-23)22(26)16-1-6-19-20(13-16)30-12-11-29-19/h1-6,13,15H,7-12,14H2. The highest BCUT2D eigenvalue weighted by Crippen LogP contribution is 2.32. The predicted octanol–water partition coefficient (Wildman–Crippen LogP) is 3.58. The van der Waals surface area contributed by atoms with Gasteiger partial charge >= 0.3 is 0 Å². The van der Waals surface area contributed by atoms with Gasteiger partial charge in [-0.25, -0.2) is 0 Å². The van der Waals surface area contributed by atoms with Crippen LogP contribution in [0.5, 0.6) is 11.5 Å². The predicted molar refractivity (Wildman–Crippen MR) is 115 cm³/mol. The second-order valence-corrected chi connectivity index (χ2v) is 8.47. The molecule has 1 fully saturated rings. The number of rotatable bonds is 6. The van der Waals surface area contributed by atoms with Crippen molar-refractivity contribution in [3.63, 3.8) is 0 Å². The number of carbonyl (C=O) groups excluding carboxylic acids is 2. The number of Topliss-reactive ketones (excluding diaryl/α,β-unsaturated/α-hetero) is 1. The van der Waals surface area contributed by atoms with Gasteiger partial charge in [0.25, 0.3) is 5.69 Å². The number of hydrogen-bond donors (Lipinski definition) is 0. The molecule has 4 rings (SSSR count). The van der Waals surface area contributed by atoms with Gasteiger partial charge in [0.1, 0.15) is 13.2 Å². The summed E-state index contributed by atoms with van der Waals surface area (Å²) in [6.07, 6.45) is 1.25. The zero-order valence-electron chi connectivity index (χ0n) is 16.8.